The molecule has 1 fully saturated rings. The zero-order chi connectivity index (χ0) is 14.0. The summed E-state index contributed by atoms with van der Waals surface area (Å²) in [6.45, 7) is 8.67. The minimum absolute atomic E-state index is 0.0378. The zero-order valence-corrected chi connectivity index (χ0v) is 13.3. The van der Waals surface area contributed by atoms with Gasteiger partial charge in [0.15, 0.2) is 0 Å². The fourth-order valence-corrected chi connectivity index (χ4v) is 3.98. The summed E-state index contributed by atoms with van der Waals surface area (Å²) < 4.78 is 4.07. The van der Waals surface area contributed by atoms with E-state index in [4.69, 9.17) is 0 Å². The maximum absolute atomic E-state index is 10.7. The van der Waals surface area contributed by atoms with Crippen LogP contribution in [0.25, 0.3) is 0 Å². The second kappa shape index (κ2) is 5.88. The van der Waals surface area contributed by atoms with Crippen molar-refractivity contribution in [1.82, 2.24) is 9.59 Å². The lowest BCUT2D eigenvalue weighted by Gasteiger charge is -2.31. The summed E-state index contributed by atoms with van der Waals surface area (Å²) in [5.74, 6) is 1.26. The molecule has 1 aromatic heterocycles. The smallest absolute Gasteiger partial charge is 0.0945 e. The Morgan fingerprint density at radius 1 is 1.26 bits per heavy atom. The Bertz CT molecular complexity index is 403. The van der Waals surface area contributed by atoms with Crippen LogP contribution >= 0.6 is 11.5 Å². The predicted octanol–water partition coefficient (Wildman–Crippen LogP) is 4.09. The quantitative estimate of drug-likeness (QED) is 0.908. The van der Waals surface area contributed by atoms with Gasteiger partial charge in [-0.15, -0.1) is 5.10 Å². The highest BCUT2D eigenvalue weighted by molar-refractivity contribution is 7.05. The summed E-state index contributed by atoms with van der Waals surface area (Å²) in [6.07, 6.45) is 5.71. The molecule has 1 aromatic rings. The number of aromatic nitrogens is 2. The van der Waals surface area contributed by atoms with Crippen LogP contribution < -0.4 is 0 Å². The van der Waals surface area contributed by atoms with Crippen LogP contribution in [0.15, 0.2) is 0 Å². The molecule has 19 heavy (non-hydrogen) atoms. The van der Waals surface area contributed by atoms with Gasteiger partial charge in [-0.2, -0.15) is 0 Å². The van der Waals surface area contributed by atoms with E-state index in [2.05, 4.69) is 37.3 Å². The van der Waals surface area contributed by atoms with Crippen molar-refractivity contribution in [2.75, 3.05) is 0 Å². The molecule has 4 heteroatoms. The molecule has 1 aliphatic carbocycles. The number of aliphatic hydroxyl groups excluding tert-OH is 1. The van der Waals surface area contributed by atoms with Gasteiger partial charge in [-0.05, 0) is 36.2 Å². The number of aliphatic hydroxyl groups is 1. The Kier molecular flexibility index (Phi) is 4.62. The Balaban J connectivity index is 2.08. The average molecular weight is 282 g/mol. The molecule has 2 rings (SSSR count). The normalized spacial score (nSPS) is 26.4. The maximum atomic E-state index is 10.7. The molecule has 3 nitrogen and oxygen atoms in total. The van der Waals surface area contributed by atoms with Gasteiger partial charge in [-0.25, -0.2) is 0 Å². The molecule has 1 unspecified atom stereocenters. The van der Waals surface area contributed by atoms with E-state index in [1.165, 1.54) is 30.8 Å². The van der Waals surface area contributed by atoms with Gasteiger partial charge in [0, 0.05) is 5.41 Å². The van der Waals surface area contributed by atoms with Crippen molar-refractivity contribution in [2.45, 2.75) is 71.3 Å². The van der Waals surface area contributed by atoms with E-state index < -0.39 is 0 Å². The maximum Gasteiger partial charge on any atom is 0.0945 e. The number of hydrogen-bond acceptors (Lipinski definition) is 4. The van der Waals surface area contributed by atoms with Crippen LogP contribution in [0.4, 0.5) is 0 Å². The lowest BCUT2D eigenvalue weighted by atomic mass is 9.77. The van der Waals surface area contributed by atoms with Crippen molar-refractivity contribution in [1.29, 1.82) is 0 Å². The van der Waals surface area contributed by atoms with Gasteiger partial charge < -0.3 is 5.11 Å². The van der Waals surface area contributed by atoms with E-state index in [0.29, 0.717) is 5.92 Å². The van der Waals surface area contributed by atoms with E-state index in [0.717, 1.165) is 29.3 Å². The summed E-state index contributed by atoms with van der Waals surface area (Å²) in [5, 5.41) is 14.9. The van der Waals surface area contributed by atoms with Gasteiger partial charge in [0.1, 0.15) is 0 Å². The summed E-state index contributed by atoms with van der Waals surface area (Å²) in [7, 11) is 0. The van der Waals surface area contributed by atoms with Crippen molar-refractivity contribution in [3.8, 4) is 0 Å². The molecule has 0 radical (unpaired) electrons. The molecule has 0 bridgehead atoms. The van der Waals surface area contributed by atoms with E-state index in [9.17, 15) is 5.11 Å². The van der Waals surface area contributed by atoms with Gasteiger partial charge >= 0.3 is 0 Å². The van der Waals surface area contributed by atoms with Crippen LogP contribution in [0.2, 0.25) is 0 Å². The van der Waals surface area contributed by atoms with Gasteiger partial charge in [0.05, 0.1) is 16.7 Å². The molecule has 0 spiro atoms. The van der Waals surface area contributed by atoms with Crippen LogP contribution in [0.5, 0.6) is 0 Å². The van der Waals surface area contributed by atoms with Gasteiger partial charge in [-0.1, -0.05) is 51.4 Å². The topological polar surface area (TPSA) is 46.0 Å². The van der Waals surface area contributed by atoms with Crippen molar-refractivity contribution < 1.29 is 5.11 Å². The van der Waals surface area contributed by atoms with Crippen LogP contribution in [-0.4, -0.2) is 14.7 Å². The summed E-state index contributed by atoms with van der Waals surface area (Å²) in [5.41, 5.74) is 0.937. The highest BCUT2D eigenvalue weighted by atomic mass is 32.1. The van der Waals surface area contributed by atoms with Crippen LogP contribution in [-0.2, 0) is 5.41 Å². The Labute approximate surface area is 120 Å². The first-order valence-corrected chi connectivity index (χ1v) is 8.21. The van der Waals surface area contributed by atoms with Gasteiger partial charge in [0.25, 0.3) is 0 Å². The molecule has 1 N–H and O–H groups in total. The first-order valence-electron chi connectivity index (χ1n) is 7.44. The molecule has 108 valence electrons. The second-order valence-electron chi connectivity index (χ2n) is 6.87. The zero-order valence-electron chi connectivity index (χ0n) is 12.5. The lowest BCUT2D eigenvalue weighted by molar-refractivity contribution is 0.0742. The number of nitrogens with zero attached hydrogens (tertiary/aromatic N) is 2. The highest BCUT2D eigenvalue weighted by Crippen LogP contribution is 2.41. The molecule has 0 aliphatic heterocycles. The Hall–Kier alpha value is -0.480. The molecule has 1 heterocycles. The van der Waals surface area contributed by atoms with Crippen molar-refractivity contribution in [3.63, 3.8) is 0 Å². The van der Waals surface area contributed by atoms with Crippen molar-refractivity contribution in [2.24, 2.45) is 11.8 Å². The monoisotopic (exact) mass is 282 g/mol. The fraction of sp³-hybridized carbons (Fsp3) is 0.867. The molecule has 1 atom stereocenters. The van der Waals surface area contributed by atoms with Crippen molar-refractivity contribution >= 4 is 11.5 Å². The van der Waals surface area contributed by atoms with E-state index in [-0.39, 0.29) is 11.5 Å². The molecule has 0 saturated heterocycles. The molecule has 1 aliphatic rings. The molecule has 0 amide bonds. The Morgan fingerprint density at radius 2 is 1.89 bits per heavy atom. The third-order valence-corrected chi connectivity index (χ3v) is 5.20. The first kappa shape index (κ1) is 14.9. The molecular weight excluding hydrogens is 256 g/mol. The van der Waals surface area contributed by atoms with E-state index >= 15 is 0 Å². The highest BCUT2D eigenvalue weighted by Gasteiger charge is 2.32. The lowest BCUT2D eigenvalue weighted by Crippen LogP contribution is -2.22. The van der Waals surface area contributed by atoms with Crippen molar-refractivity contribution in [3.05, 3.63) is 10.6 Å². The summed E-state index contributed by atoms with van der Waals surface area (Å²) >= 11 is 1.37. The SMILES string of the molecule is CCC1CCC(C(O)c2snnc2C(C)(C)C)CC1. The standard InChI is InChI=1S/C15H26N2OS/c1-5-10-6-8-11(9-7-10)12(18)13-14(15(2,3)4)16-17-19-13/h10-12,18H,5-9H2,1-4H3. The second-order valence-corrected chi connectivity index (χ2v) is 7.66. The molecular formula is C15H26N2OS. The van der Waals surface area contributed by atoms with Gasteiger partial charge in [0.2, 0.25) is 0 Å². The molecule has 0 aromatic carbocycles. The third-order valence-electron chi connectivity index (χ3n) is 4.41. The number of rotatable bonds is 3. The third kappa shape index (κ3) is 3.34. The van der Waals surface area contributed by atoms with E-state index in [1.807, 2.05) is 0 Å². The van der Waals surface area contributed by atoms with E-state index in [1.54, 1.807) is 0 Å². The Morgan fingerprint density at radius 3 is 2.42 bits per heavy atom. The summed E-state index contributed by atoms with van der Waals surface area (Å²) in [4.78, 5) is 0.993. The largest absolute Gasteiger partial charge is 0.387 e. The fourth-order valence-electron chi connectivity index (χ4n) is 3.04. The minimum atomic E-state index is -0.368. The average Bonchev–Trinajstić information content (AvgIpc) is 2.87. The van der Waals surface area contributed by atoms with Crippen LogP contribution in [0, 0.1) is 11.8 Å². The summed E-state index contributed by atoms with van der Waals surface area (Å²) in [6, 6.07) is 0. The van der Waals surface area contributed by atoms with Crippen LogP contribution in [0.3, 0.4) is 0 Å². The first-order chi connectivity index (χ1) is 8.93. The molecule has 1 saturated carbocycles. The van der Waals surface area contributed by atoms with Gasteiger partial charge in [-0.3, -0.25) is 0 Å². The predicted molar refractivity (Wildman–Crippen MR) is 79.3 cm³/mol. The minimum Gasteiger partial charge on any atom is -0.387 e. The number of hydrogen-bond donors (Lipinski definition) is 1. The van der Waals surface area contributed by atoms with Crippen LogP contribution in [0.1, 0.15) is 76.5 Å².